The number of aliphatic hydroxyl groups is 1. The van der Waals surface area contributed by atoms with E-state index in [-0.39, 0.29) is 17.8 Å². The first-order valence-electron chi connectivity index (χ1n) is 6.28. The van der Waals surface area contributed by atoms with Gasteiger partial charge in [-0.2, -0.15) is 0 Å². The molecule has 20 heavy (non-hydrogen) atoms. The molecule has 0 aliphatic carbocycles. The number of aromatic nitrogens is 2. The van der Waals surface area contributed by atoms with Crippen molar-refractivity contribution in [1.82, 2.24) is 15.0 Å². The van der Waals surface area contributed by atoms with E-state index in [1.165, 1.54) is 0 Å². The number of aliphatic hydroxyl groups excluding tert-OH is 1. The predicted molar refractivity (Wildman–Crippen MR) is 74.2 cm³/mol. The number of anilines is 1. The molecule has 1 fully saturated rings. The molecule has 0 unspecified atom stereocenters. The maximum Gasteiger partial charge on any atom is 0.238 e. The Morgan fingerprint density at radius 1 is 1.50 bits per heavy atom. The van der Waals surface area contributed by atoms with Crippen molar-refractivity contribution in [3.05, 3.63) is 23.8 Å². The Morgan fingerprint density at radius 2 is 2.30 bits per heavy atom. The Hall–Kier alpha value is -2.32. The van der Waals surface area contributed by atoms with E-state index in [9.17, 15) is 10.3 Å². The molecule has 1 saturated heterocycles. The van der Waals surface area contributed by atoms with Gasteiger partial charge >= 0.3 is 0 Å². The Morgan fingerprint density at radius 3 is 2.95 bits per heavy atom. The third-order valence-corrected chi connectivity index (χ3v) is 3.44. The van der Waals surface area contributed by atoms with Crippen LogP contribution in [0.3, 0.4) is 0 Å². The summed E-state index contributed by atoms with van der Waals surface area (Å²) in [4.78, 5) is 4.26. The number of fused-ring (bicyclic) bond motifs is 1. The van der Waals surface area contributed by atoms with E-state index in [0.717, 1.165) is 4.73 Å². The monoisotopic (exact) mass is 276 g/mol. The van der Waals surface area contributed by atoms with Gasteiger partial charge in [-0.3, -0.25) is 5.41 Å². The van der Waals surface area contributed by atoms with Crippen molar-refractivity contribution in [2.45, 2.75) is 12.1 Å². The van der Waals surface area contributed by atoms with E-state index >= 15 is 0 Å². The molecule has 0 bridgehead atoms. The van der Waals surface area contributed by atoms with Crippen LogP contribution in [0.2, 0.25) is 0 Å². The number of hydrogen-bond donors (Lipinski definition) is 6. The summed E-state index contributed by atoms with van der Waals surface area (Å²) < 4.78 is 0.872. The Balaban J connectivity index is 2.02. The highest BCUT2D eigenvalue weighted by atomic mass is 16.5. The van der Waals surface area contributed by atoms with Crippen molar-refractivity contribution in [2.75, 3.05) is 18.4 Å². The summed E-state index contributed by atoms with van der Waals surface area (Å²) in [6.45, 7) is 1.09. The molecule has 3 rings (SSSR count). The maximum absolute atomic E-state index is 10.2. The fraction of sp³-hybridized carbons (Fsp3) is 0.333. The van der Waals surface area contributed by atoms with Gasteiger partial charge in [-0.05, 0) is 12.1 Å². The van der Waals surface area contributed by atoms with Crippen LogP contribution in [0.1, 0.15) is 5.56 Å². The number of nitrogens with one attached hydrogen (secondary N) is 3. The van der Waals surface area contributed by atoms with Crippen LogP contribution in [-0.4, -0.2) is 51.1 Å². The van der Waals surface area contributed by atoms with Gasteiger partial charge in [-0.1, -0.05) is 6.07 Å². The molecule has 0 spiro atoms. The SMILES string of the molecule is N=C(N)c1cccc2nc(N[C@@H]3CNC[C@@H]3O)n(O)c12. The predicted octanol–water partition coefficient (Wildman–Crippen LogP) is -0.698. The lowest BCUT2D eigenvalue weighted by molar-refractivity contribution is 0.179. The van der Waals surface area contributed by atoms with Crippen molar-refractivity contribution in [2.24, 2.45) is 5.73 Å². The number of nitrogens with two attached hydrogens (primary N) is 1. The third-order valence-electron chi connectivity index (χ3n) is 3.44. The molecule has 7 N–H and O–H groups in total. The topological polar surface area (TPSA) is 132 Å². The molecule has 2 aromatic rings. The summed E-state index contributed by atoms with van der Waals surface area (Å²) in [5.74, 6) is 0.0846. The summed E-state index contributed by atoms with van der Waals surface area (Å²) >= 11 is 0. The molecule has 1 aromatic heterocycles. The van der Waals surface area contributed by atoms with E-state index in [1.807, 2.05) is 0 Å². The van der Waals surface area contributed by atoms with E-state index in [0.29, 0.717) is 29.7 Å². The van der Waals surface area contributed by atoms with E-state index in [1.54, 1.807) is 18.2 Å². The van der Waals surface area contributed by atoms with E-state index < -0.39 is 6.10 Å². The fourth-order valence-electron chi connectivity index (χ4n) is 2.40. The zero-order chi connectivity index (χ0) is 14.3. The number of rotatable bonds is 3. The van der Waals surface area contributed by atoms with Gasteiger partial charge in [0.15, 0.2) is 0 Å². The van der Waals surface area contributed by atoms with Crippen molar-refractivity contribution >= 4 is 22.8 Å². The van der Waals surface area contributed by atoms with Gasteiger partial charge in [0.25, 0.3) is 0 Å². The summed E-state index contributed by atoms with van der Waals surface area (Å²) in [6, 6.07) is 4.87. The van der Waals surface area contributed by atoms with Crippen LogP contribution in [0, 0.1) is 5.41 Å². The highest BCUT2D eigenvalue weighted by Crippen LogP contribution is 2.22. The minimum Gasteiger partial charge on any atom is -0.425 e. The summed E-state index contributed by atoms with van der Waals surface area (Å²) in [7, 11) is 0. The molecular formula is C12H16N6O2. The maximum atomic E-state index is 10.2. The molecule has 1 aromatic carbocycles. The second kappa shape index (κ2) is 4.66. The Labute approximate surface area is 114 Å². The van der Waals surface area contributed by atoms with Gasteiger partial charge in [0.05, 0.1) is 17.7 Å². The first-order valence-corrected chi connectivity index (χ1v) is 6.28. The van der Waals surface area contributed by atoms with Gasteiger partial charge < -0.3 is 26.7 Å². The van der Waals surface area contributed by atoms with Crippen molar-refractivity contribution < 1.29 is 10.3 Å². The van der Waals surface area contributed by atoms with E-state index in [4.69, 9.17) is 11.1 Å². The van der Waals surface area contributed by atoms with Crippen LogP contribution in [0.25, 0.3) is 11.0 Å². The molecule has 0 amide bonds. The first kappa shape index (κ1) is 12.7. The lowest BCUT2D eigenvalue weighted by Crippen LogP contribution is -2.33. The molecule has 2 atom stereocenters. The quantitative estimate of drug-likeness (QED) is 0.250. The summed E-state index contributed by atoms with van der Waals surface area (Å²) in [5.41, 5.74) is 6.83. The van der Waals surface area contributed by atoms with Gasteiger partial charge in [-0.15, -0.1) is 4.73 Å². The fourth-order valence-corrected chi connectivity index (χ4v) is 2.40. The number of imidazole rings is 1. The molecule has 1 aliphatic rings. The van der Waals surface area contributed by atoms with Crippen LogP contribution in [0.4, 0.5) is 5.95 Å². The largest absolute Gasteiger partial charge is 0.425 e. The lowest BCUT2D eigenvalue weighted by atomic mass is 10.2. The minimum atomic E-state index is -0.540. The first-order chi connectivity index (χ1) is 9.58. The highest BCUT2D eigenvalue weighted by Gasteiger charge is 2.27. The highest BCUT2D eigenvalue weighted by molar-refractivity contribution is 6.06. The number of benzene rings is 1. The Bertz CT molecular complexity index is 667. The third kappa shape index (κ3) is 1.95. The molecule has 2 heterocycles. The average Bonchev–Trinajstić information content (AvgIpc) is 2.95. The van der Waals surface area contributed by atoms with Crippen LogP contribution in [0.15, 0.2) is 18.2 Å². The number of nitrogens with zero attached hydrogens (tertiary/aromatic N) is 2. The number of amidine groups is 1. The molecule has 106 valence electrons. The van der Waals surface area contributed by atoms with Crippen LogP contribution < -0.4 is 16.4 Å². The smallest absolute Gasteiger partial charge is 0.238 e. The van der Waals surface area contributed by atoms with Crippen LogP contribution in [0.5, 0.6) is 0 Å². The van der Waals surface area contributed by atoms with Gasteiger partial charge in [-0.25, -0.2) is 4.98 Å². The molecule has 0 radical (unpaired) electrons. The lowest BCUT2D eigenvalue weighted by Gasteiger charge is -2.15. The average molecular weight is 276 g/mol. The molecular weight excluding hydrogens is 260 g/mol. The number of nitrogen functional groups attached to an aromatic ring is 1. The zero-order valence-corrected chi connectivity index (χ0v) is 10.7. The molecule has 0 saturated carbocycles. The summed E-state index contributed by atoms with van der Waals surface area (Å²) in [6.07, 6.45) is -0.540. The molecule has 8 nitrogen and oxygen atoms in total. The van der Waals surface area contributed by atoms with E-state index in [2.05, 4.69) is 15.6 Å². The number of β-amino-alcohol motifs (C(OH)–C–C–N with tert-alkyl or cyclic N) is 1. The van der Waals surface area contributed by atoms with Crippen molar-refractivity contribution in [3.63, 3.8) is 0 Å². The van der Waals surface area contributed by atoms with Crippen LogP contribution >= 0.6 is 0 Å². The zero-order valence-electron chi connectivity index (χ0n) is 10.7. The van der Waals surface area contributed by atoms with Crippen LogP contribution in [-0.2, 0) is 0 Å². The van der Waals surface area contributed by atoms with Gasteiger partial charge in [0, 0.05) is 18.7 Å². The Kier molecular flexibility index (Phi) is 2.96. The molecule has 1 aliphatic heterocycles. The number of hydrogen-bond acceptors (Lipinski definition) is 6. The second-order valence-electron chi connectivity index (χ2n) is 4.81. The minimum absolute atomic E-state index is 0.139. The van der Waals surface area contributed by atoms with Crippen molar-refractivity contribution in [1.29, 1.82) is 5.41 Å². The summed E-state index contributed by atoms with van der Waals surface area (Å²) in [5, 5.41) is 33.5. The molecule has 8 heteroatoms. The van der Waals surface area contributed by atoms with Gasteiger partial charge in [0.1, 0.15) is 11.4 Å². The van der Waals surface area contributed by atoms with Gasteiger partial charge in [0.2, 0.25) is 5.95 Å². The van der Waals surface area contributed by atoms with Crippen molar-refractivity contribution in [3.8, 4) is 0 Å². The second-order valence-corrected chi connectivity index (χ2v) is 4.81. The normalized spacial score (nSPS) is 22.2. The number of para-hydroxylation sites is 1. The standard InChI is InChI=1S/C12H16N6O2/c13-11(14)6-2-1-3-7-10(6)18(20)12(16-7)17-8-4-15-5-9(8)19/h1-3,8-9,15,19-20H,4-5H2,(H3,13,14)(H,16,17)/t8-,9+/m1/s1.